The van der Waals surface area contributed by atoms with E-state index in [0.29, 0.717) is 5.95 Å². The lowest BCUT2D eigenvalue weighted by Crippen LogP contribution is -2.14. The van der Waals surface area contributed by atoms with Crippen LogP contribution in [0.3, 0.4) is 0 Å². The average molecular weight is 243 g/mol. The van der Waals surface area contributed by atoms with Crippen molar-refractivity contribution in [1.82, 2.24) is 29.3 Å². The van der Waals surface area contributed by atoms with Crippen LogP contribution < -0.4 is 5.73 Å². The summed E-state index contributed by atoms with van der Waals surface area (Å²) in [6.45, 7) is 2.02. The third-order valence-corrected chi connectivity index (χ3v) is 3.03. The third-order valence-electron chi connectivity index (χ3n) is 3.03. The molecule has 3 aromatic heterocycles. The Balaban J connectivity index is 2.20. The van der Waals surface area contributed by atoms with Gasteiger partial charge in [0, 0.05) is 13.2 Å². The molecule has 0 saturated carbocycles. The number of nitrogens with two attached hydrogens (primary N) is 1. The number of hydrogen-bond donors (Lipinski definition) is 1. The van der Waals surface area contributed by atoms with E-state index in [9.17, 15) is 0 Å². The predicted octanol–water partition coefficient (Wildman–Crippen LogP) is 0.751. The Morgan fingerprint density at radius 3 is 2.94 bits per heavy atom. The summed E-state index contributed by atoms with van der Waals surface area (Å²) in [7, 11) is 1.91. The molecule has 3 heterocycles. The van der Waals surface area contributed by atoms with Crippen molar-refractivity contribution >= 4 is 17.0 Å². The number of pyridine rings is 1. The molecule has 0 spiro atoms. The van der Waals surface area contributed by atoms with Crippen molar-refractivity contribution in [2.24, 2.45) is 7.05 Å². The molecule has 7 heteroatoms. The van der Waals surface area contributed by atoms with Gasteiger partial charge in [-0.2, -0.15) is 0 Å². The lowest BCUT2D eigenvalue weighted by Gasteiger charge is -2.14. The molecular weight excluding hydrogens is 230 g/mol. The SMILES string of the molecule is CC(c1nncn1C)n1c(N)nc2cnccc21. The normalized spacial score (nSPS) is 13.0. The first-order valence-corrected chi connectivity index (χ1v) is 5.60. The van der Waals surface area contributed by atoms with E-state index in [1.807, 2.05) is 29.2 Å². The van der Waals surface area contributed by atoms with Crippen molar-refractivity contribution in [3.63, 3.8) is 0 Å². The third kappa shape index (κ3) is 1.44. The monoisotopic (exact) mass is 243 g/mol. The van der Waals surface area contributed by atoms with Gasteiger partial charge in [0.2, 0.25) is 5.95 Å². The topological polar surface area (TPSA) is 87.4 Å². The van der Waals surface area contributed by atoms with Crippen molar-refractivity contribution in [1.29, 1.82) is 0 Å². The van der Waals surface area contributed by atoms with Crippen molar-refractivity contribution in [3.8, 4) is 0 Å². The molecule has 3 rings (SSSR count). The number of imidazole rings is 1. The molecule has 7 nitrogen and oxygen atoms in total. The number of aryl methyl sites for hydroxylation is 1. The van der Waals surface area contributed by atoms with E-state index < -0.39 is 0 Å². The van der Waals surface area contributed by atoms with Gasteiger partial charge in [-0.25, -0.2) is 4.98 Å². The first kappa shape index (κ1) is 10.7. The number of fused-ring (bicyclic) bond motifs is 1. The molecule has 1 atom stereocenters. The average Bonchev–Trinajstić information content (AvgIpc) is 2.91. The highest BCUT2D eigenvalue weighted by atomic mass is 15.3. The summed E-state index contributed by atoms with van der Waals surface area (Å²) in [6.07, 6.45) is 5.09. The van der Waals surface area contributed by atoms with Gasteiger partial charge < -0.3 is 10.3 Å². The molecule has 0 aliphatic rings. The highest BCUT2D eigenvalue weighted by Gasteiger charge is 2.19. The Morgan fingerprint density at radius 2 is 2.22 bits per heavy atom. The van der Waals surface area contributed by atoms with E-state index in [1.54, 1.807) is 18.7 Å². The molecule has 3 aromatic rings. The van der Waals surface area contributed by atoms with Crippen LogP contribution in [0.4, 0.5) is 5.95 Å². The van der Waals surface area contributed by atoms with Crippen molar-refractivity contribution < 1.29 is 0 Å². The minimum absolute atomic E-state index is 0.0371. The zero-order valence-corrected chi connectivity index (χ0v) is 10.1. The number of rotatable bonds is 2. The highest BCUT2D eigenvalue weighted by Crippen LogP contribution is 2.25. The van der Waals surface area contributed by atoms with Crippen LogP contribution in [0.25, 0.3) is 11.0 Å². The number of nitrogens with zero attached hydrogens (tertiary/aromatic N) is 6. The van der Waals surface area contributed by atoms with Gasteiger partial charge in [0.15, 0.2) is 5.82 Å². The first-order chi connectivity index (χ1) is 8.68. The van der Waals surface area contributed by atoms with Crippen molar-refractivity contribution in [3.05, 3.63) is 30.6 Å². The molecule has 0 aliphatic heterocycles. The van der Waals surface area contributed by atoms with Crippen LogP contribution in [-0.2, 0) is 7.05 Å². The largest absolute Gasteiger partial charge is 0.369 e. The lowest BCUT2D eigenvalue weighted by atomic mass is 10.3. The van der Waals surface area contributed by atoms with Crippen LogP contribution in [0.15, 0.2) is 24.8 Å². The van der Waals surface area contributed by atoms with E-state index in [1.165, 1.54) is 0 Å². The molecule has 0 saturated heterocycles. The summed E-state index contributed by atoms with van der Waals surface area (Å²) >= 11 is 0. The summed E-state index contributed by atoms with van der Waals surface area (Å²) in [5, 5.41) is 8.00. The van der Waals surface area contributed by atoms with Gasteiger partial charge in [0.05, 0.1) is 17.8 Å². The Bertz CT molecular complexity index is 696. The predicted molar refractivity (Wildman–Crippen MR) is 66.8 cm³/mol. The van der Waals surface area contributed by atoms with E-state index >= 15 is 0 Å². The summed E-state index contributed by atoms with van der Waals surface area (Å²) in [5.41, 5.74) is 7.70. The summed E-state index contributed by atoms with van der Waals surface area (Å²) in [6, 6.07) is 1.86. The summed E-state index contributed by atoms with van der Waals surface area (Å²) in [5.74, 6) is 1.28. The van der Waals surface area contributed by atoms with Crippen LogP contribution in [0.2, 0.25) is 0 Å². The zero-order chi connectivity index (χ0) is 12.7. The molecule has 0 amide bonds. The maximum atomic E-state index is 5.98. The van der Waals surface area contributed by atoms with E-state index in [-0.39, 0.29) is 6.04 Å². The number of aromatic nitrogens is 6. The van der Waals surface area contributed by atoms with Gasteiger partial charge in [0.1, 0.15) is 11.8 Å². The molecule has 0 aliphatic carbocycles. The first-order valence-electron chi connectivity index (χ1n) is 5.60. The quantitative estimate of drug-likeness (QED) is 0.717. The van der Waals surface area contributed by atoms with Crippen molar-refractivity contribution in [2.75, 3.05) is 5.73 Å². The smallest absolute Gasteiger partial charge is 0.201 e. The molecule has 0 bridgehead atoms. The molecule has 0 fully saturated rings. The van der Waals surface area contributed by atoms with Crippen molar-refractivity contribution in [2.45, 2.75) is 13.0 Å². The fourth-order valence-corrected chi connectivity index (χ4v) is 2.16. The molecule has 0 aromatic carbocycles. The Labute approximate surface area is 103 Å². The maximum absolute atomic E-state index is 5.98. The van der Waals surface area contributed by atoms with Gasteiger partial charge in [0.25, 0.3) is 0 Å². The summed E-state index contributed by atoms with van der Waals surface area (Å²) in [4.78, 5) is 8.34. The van der Waals surface area contributed by atoms with Crippen LogP contribution in [-0.4, -0.2) is 29.3 Å². The van der Waals surface area contributed by atoms with Crippen LogP contribution in [0.5, 0.6) is 0 Å². The second-order valence-corrected chi connectivity index (χ2v) is 4.18. The molecule has 0 radical (unpaired) electrons. The summed E-state index contributed by atoms with van der Waals surface area (Å²) < 4.78 is 3.80. The van der Waals surface area contributed by atoms with Gasteiger partial charge >= 0.3 is 0 Å². The van der Waals surface area contributed by atoms with Gasteiger partial charge in [-0.1, -0.05) is 0 Å². The number of hydrogen-bond acceptors (Lipinski definition) is 5. The zero-order valence-electron chi connectivity index (χ0n) is 10.1. The van der Waals surface area contributed by atoms with E-state index in [2.05, 4.69) is 20.2 Å². The molecule has 18 heavy (non-hydrogen) atoms. The van der Waals surface area contributed by atoms with Crippen LogP contribution in [0.1, 0.15) is 18.8 Å². The minimum atomic E-state index is -0.0371. The second-order valence-electron chi connectivity index (χ2n) is 4.18. The lowest BCUT2D eigenvalue weighted by molar-refractivity contribution is 0.594. The Hall–Kier alpha value is -2.44. The standard InChI is InChI=1S/C11H13N7/c1-7(10-16-14-6-17(10)2)18-9-3-4-13-5-8(9)15-11(18)12/h3-7H,1-2H3,(H2,12,15). The second kappa shape index (κ2) is 3.80. The number of nitrogen functional groups attached to an aromatic ring is 1. The maximum Gasteiger partial charge on any atom is 0.201 e. The van der Waals surface area contributed by atoms with E-state index in [4.69, 9.17) is 5.73 Å². The molecule has 2 N–H and O–H groups in total. The molecular formula is C11H13N7. The fourth-order valence-electron chi connectivity index (χ4n) is 2.16. The Morgan fingerprint density at radius 1 is 1.39 bits per heavy atom. The minimum Gasteiger partial charge on any atom is -0.369 e. The van der Waals surface area contributed by atoms with Gasteiger partial charge in [-0.3, -0.25) is 9.55 Å². The van der Waals surface area contributed by atoms with Gasteiger partial charge in [-0.05, 0) is 13.0 Å². The Kier molecular flexibility index (Phi) is 2.26. The van der Waals surface area contributed by atoms with E-state index in [0.717, 1.165) is 16.9 Å². The van der Waals surface area contributed by atoms with Crippen LogP contribution >= 0.6 is 0 Å². The van der Waals surface area contributed by atoms with Gasteiger partial charge in [-0.15, -0.1) is 10.2 Å². The van der Waals surface area contributed by atoms with Crippen LogP contribution in [0, 0.1) is 0 Å². The number of anilines is 1. The fraction of sp³-hybridized carbons (Fsp3) is 0.273. The molecule has 92 valence electrons. The highest BCUT2D eigenvalue weighted by molar-refractivity contribution is 5.77. The molecule has 1 unspecified atom stereocenters.